The summed E-state index contributed by atoms with van der Waals surface area (Å²) in [5.74, 6) is 1.33. The van der Waals surface area contributed by atoms with Crippen molar-refractivity contribution in [2.75, 3.05) is 49.7 Å². The molecule has 0 spiro atoms. The van der Waals surface area contributed by atoms with Crippen molar-refractivity contribution in [1.82, 2.24) is 15.3 Å². The average molecular weight is 478 g/mol. The summed E-state index contributed by atoms with van der Waals surface area (Å²) in [6.45, 7) is 5.50. The Morgan fingerprint density at radius 2 is 1.94 bits per heavy atom. The van der Waals surface area contributed by atoms with Gasteiger partial charge in [0.1, 0.15) is 17.4 Å². The number of amides is 1. The standard InChI is InChI=1S/C26H31N5O4/c1-3-34-20-6-4-18(5-7-20)31-17-21(35-26(31)32)16-30(19-10-13-27-14-11-19)23-12-15-28-22-8-9-24(33-2)29-25(22)23/h4-9,12,15,19,21,27H,3,10-11,13-14,16-17H2,1-2H3/t21-/m1/s1. The molecule has 0 radical (unpaired) electrons. The topological polar surface area (TPSA) is 89.1 Å². The second-order valence-corrected chi connectivity index (χ2v) is 8.73. The number of hydrogen-bond donors (Lipinski definition) is 1. The Morgan fingerprint density at radius 3 is 2.69 bits per heavy atom. The van der Waals surface area contributed by atoms with Gasteiger partial charge in [-0.05, 0) is 69.3 Å². The molecule has 5 rings (SSSR count). The summed E-state index contributed by atoms with van der Waals surface area (Å²) < 4.78 is 16.8. The van der Waals surface area contributed by atoms with Crippen LogP contribution in [0.5, 0.6) is 11.6 Å². The minimum absolute atomic E-state index is 0.280. The van der Waals surface area contributed by atoms with E-state index in [2.05, 4.69) is 15.2 Å². The van der Waals surface area contributed by atoms with Gasteiger partial charge in [-0.25, -0.2) is 9.78 Å². The highest BCUT2D eigenvalue weighted by Crippen LogP contribution is 2.31. The summed E-state index contributed by atoms with van der Waals surface area (Å²) >= 11 is 0. The van der Waals surface area contributed by atoms with Crippen LogP contribution in [0.2, 0.25) is 0 Å². The third-order valence-electron chi connectivity index (χ3n) is 6.54. The number of hydrogen-bond acceptors (Lipinski definition) is 8. The van der Waals surface area contributed by atoms with E-state index in [1.807, 2.05) is 55.6 Å². The average Bonchev–Trinajstić information content (AvgIpc) is 3.27. The van der Waals surface area contributed by atoms with Crippen LogP contribution in [0, 0.1) is 0 Å². The molecular weight excluding hydrogens is 446 g/mol. The van der Waals surface area contributed by atoms with E-state index >= 15 is 0 Å². The molecule has 184 valence electrons. The predicted octanol–water partition coefficient (Wildman–Crippen LogP) is 3.62. The van der Waals surface area contributed by atoms with Crippen LogP contribution in [0.25, 0.3) is 11.0 Å². The van der Waals surface area contributed by atoms with E-state index in [0.717, 1.165) is 54.1 Å². The first-order chi connectivity index (χ1) is 17.2. The zero-order valence-electron chi connectivity index (χ0n) is 20.1. The van der Waals surface area contributed by atoms with Crippen LogP contribution in [0.15, 0.2) is 48.7 Å². The second-order valence-electron chi connectivity index (χ2n) is 8.73. The van der Waals surface area contributed by atoms with Gasteiger partial charge in [-0.2, -0.15) is 0 Å². The van der Waals surface area contributed by atoms with Crippen LogP contribution in [0.1, 0.15) is 19.8 Å². The molecule has 1 N–H and O–H groups in total. The number of benzene rings is 1. The number of fused-ring (bicyclic) bond motifs is 1. The van der Waals surface area contributed by atoms with Crippen molar-refractivity contribution >= 4 is 28.5 Å². The van der Waals surface area contributed by atoms with E-state index in [-0.39, 0.29) is 12.2 Å². The highest BCUT2D eigenvalue weighted by atomic mass is 16.6. The van der Waals surface area contributed by atoms with Crippen molar-refractivity contribution in [2.45, 2.75) is 31.9 Å². The van der Waals surface area contributed by atoms with Gasteiger partial charge in [0, 0.05) is 24.0 Å². The molecule has 2 aliphatic heterocycles. The molecule has 9 nitrogen and oxygen atoms in total. The summed E-state index contributed by atoms with van der Waals surface area (Å²) in [5, 5.41) is 3.44. The third-order valence-corrected chi connectivity index (χ3v) is 6.54. The second kappa shape index (κ2) is 10.4. The maximum Gasteiger partial charge on any atom is 0.414 e. The van der Waals surface area contributed by atoms with Crippen molar-refractivity contribution in [2.24, 2.45) is 0 Å². The van der Waals surface area contributed by atoms with Gasteiger partial charge in [0.2, 0.25) is 5.88 Å². The number of aromatic nitrogens is 2. The minimum atomic E-state index is -0.330. The predicted molar refractivity (Wildman–Crippen MR) is 135 cm³/mol. The van der Waals surface area contributed by atoms with Gasteiger partial charge in [0.25, 0.3) is 0 Å². The first kappa shape index (κ1) is 23.2. The van der Waals surface area contributed by atoms with E-state index in [1.165, 1.54) is 0 Å². The van der Waals surface area contributed by atoms with Gasteiger partial charge >= 0.3 is 6.09 Å². The molecule has 35 heavy (non-hydrogen) atoms. The monoisotopic (exact) mass is 477 g/mol. The maximum absolute atomic E-state index is 12.8. The Hall–Kier alpha value is -3.59. The van der Waals surface area contributed by atoms with E-state index in [0.29, 0.717) is 31.6 Å². The van der Waals surface area contributed by atoms with Crippen LogP contribution in [-0.2, 0) is 4.74 Å². The summed E-state index contributed by atoms with van der Waals surface area (Å²) in [7, 11) is 1.61. The zero-order chi connectivity index (χ0) is 24.2. The van der Waals surface area contributed by atoms with E-state index in [1.54, 1.807) is 12.0 Å². The molecule has 4 heterocycles. The smallest absolute Gasteiger partial charge is 0.414 e. The molecule has 0 saturated carbocycles. The van der Waals surface area contributed by atoms with Crippen LogP contribution < -0.4 is 24.6 Å². The quantitative estimate of drug-likeness (QED) is 0.526. The Labute approximate surface area is 205 Å². The molecule has 2 saturated heterocycles. The number of carbonyl (C=O) groups excluding carboxylic acids is 1. The molecule has 0 unspecified atom stereocenters. The lowest BCUT2D eigenvalue weighted by Crippen LogP contribution is -2.47. The molecule has 2 aliphatic rings. The van der Waals surface area contributed by atoms with Gasteiger partial charge in [0.15, 0.2) is 0 Å². The van der Waals surface area contributed by atoms with Gasteiger partial charge in [0.05, 0.1) is 38.0 Å². The highest BCUT2D eigenvalue weighted by molar-refractivity contribution is 5.90. The van der Waals surface area contributed by atoms with Crippen molar-refractivity contribution in [3.8, 4) is 11.6 Å². The lowest BCUT2D eigenvalue weighted by molar-refractivity contribution is 0.142. The molecule has 2 aromatic heterocycles. The first-order valence-electron chi connectivity index (χ1n) is 12.1. The van der Waals surface area contributed by atoms with Crippen molar-refractivity contribution < 1.29 is 19.0 Å². The van der Waals surface area contributed by atoms with Crippen LogP contribution in [0.3, 0.4) is 0 Å². The molecule has 9 heteroatoms. The lowest BCUT2D eigenvalue weighted by Gasteiger charge is -2.37. The number of carbonyl (C=O) groups is 1. The van der Waals surface area contributed by atoms with Crippen molar-refractivity contribution in [1.29, 1.82) is 0 Å². The first-order valence-corrected chi connectivity index (χ1v) is 12.1. The van der Waals surface area contributed by atoms with Crippen LogP contribution >= 0.6 is 0 Å². The number of pyridine rings is 2. The van der Waals surface area contributed by atoms with Crippen LogP contribution in [0.4, 0.5) is 16.2 Å². The van der Waals surface area contributed by atoms with E-state index < -0.39 is 0 Å². The highest BCUT2D eigenvalue weighted by Gasteiger charge is 2.35. The number of nitrogens with zero attached hydrogens (tertiary/aromatic N) is 4. The molecule has 3 aromatic rings. The number of anilines is 2. The molecule has 0 bridgehead atoms. The molecule has 1 aromatic carbocycles. The number of nitrogens with one attached hydrogen (secondary N) is 1. The third kappa shape index (κ3) is 4.95. The number of rotatable bonds is 8. The fraction of sp³-hybridized carbons (Fsp3) is 0.423. The summed E-state index contributed by atoms with van der Waals surface area (Å²) in [5.41, 5.74) is 3.38. The zero-order valence-corrected chi connectivity index (χ0v) is 20.1. The fourth-order valence-electron chi connectivity index (χ4n) is 4.84. The Bertz CT molecular complexity index is 1170. The molecular formula is C26H31N5O4. The number of cyclic esters (lactones) is 1. The lowest BCUT2D eigenvalue weighted by atomic mass is 10.0. The number of ether oxygens (including phenoxy) is 3. The SMILES string of the molecule is CCOc1ccc(N2C[C@@H](CN(c3ccnc4ccc(OC)nc34)C3CCNCC3)OC2=O)cc1. The number of piperidine rings is 1. The fourth-order valence-corrected chi connectivity index (χ4v) is 4.84. The van der Waals surface area contributed by atoms with E-state index in [9.17, 15) is 4.79 Å². The van der Waals surface area contributed by atoms with Crippen LogP contribution in [-0.4, -0.2) is 68.1 Å². The number of methoxy groups -OCH3 is 1. The molecule has 1 atom stereocenters. The van der Waals surface area contributed by atoms with Crippen molar-refractivity contribution in [3.05, 3.63) is 48.7 Å². The Morgan fingerprint density at radius 1 is 1.14 bits per heavy atom. The summed E-state index contributed by atoms with van der Waals surface area (Å²) in [4.78, 5) is 26.0. The van der Waals surface area contributed by atoms with Gasteiger partial charge in [-0.15, -0.1) is 0 Å². The Balaban J connectivity index is 1.41. The minimum Gasteiger partial charge on any atom is -0.494 e. The molecule has 1 amide bonds. The maximum atomic E-state index is 12.8. The van der Waals surface area contributed by atoms with Crippen molar-refractivity contribution in [3.63, 3.8) is 0 Å². The van der Waals surface area contributed by atoms with Gasteiger partial charge in [-0.1, -0.05) is 0 Å². The summed E-state index contributed by atoms with van der Waals surface area (Å²) in [6.07, 6.45) is 3.20. The largest absolute Gasteiger partial charge is 0.494 e. The van der Waals surface area contributed by atoms with Gasteiger partial charge in [-0.3, -0.25) is 9.88 Å². The molecule has 2 fully saturated rings. The van der Waals surface area contributed by atoms with E-state index in [4.69, 9.17) is 19.2 Å². The Kier molecular flexibility index (Phi) is 6.85. The normalized spacial score (nSPS) is 18.5. The summed E-state index contributed by atoms with van der Waals surface area (Å²) in [6, 6.07) is 13.6. The molecule has 0 aliphatic carbocycles. The van der Waals surface area contributed by atoms with Gasteiger partial charge < -0.3 is 24.4 Å².